The predicted octanol–water partition coefficient (Wildman–Crippen LogP) is 3.37. The predicted molar refractivity (Wildman–Crippen MR) is 63.6 cm³/mol. The fourth-order valence-corrected chi connectivity index (χ4v) is 6.61. The van der Waals surface area contributed by atoms with Gasteiger partial charge in [0.05, 0.1) is 0 Å². The van der Waals surface area contributed by atoms with Crippen LogP contribution >= 0.6 is 7.92 Å². The van der Waals surface area contributed by atoms with E-state index in [0.717, 1.165) is 11.6 Å². The van der Waals surface area contributed by atoms with Gasteiger partial charge >= 0.3 is 0 Å². The molecule has 1 aliphatic heterocycles. The van der Waals surface area contributed by atoms with Crippen LogP contribution in [0.1, 0.15) is 25.7 Å². The fourth-order valence-electron chi connectivity index (χ4n) is 3.18. The molecule has 1 saturated heterocycles. The van der Waals surface area contributed by atoms with Crippen LogP contribution in [0.4, 0.5) is 0 Å². The normalized spacial score (nSPS) is 35.9. The molecule has 1 heterocycles. The Morgan fingerprint density at radius 1 is 1.00 bits per heavy atom. The maximum Gasteiger partial charge on any atom is -0.0140 e. The quantitative estimate of drug-likeness (QED) is 0.615. The summed E-state index contributed by atoms with van der Waals surface area (Å²) in [5, 5.41) is 1.66. The maximum absolute atomic E-state index is 2.35. The van der Waals surface area contributed by atoms with Crippen LogP contribution < -0.4 is 5.30 Å². The van der Waals surface area contributed by atoms with Crippen molar-refractivity contribution >= 4 is 13.2 Å². The third kappa shape index (κ3) is 1.41. The van der Waals surface area contributed by atoms with Gasteiger partial charge in [-0.2, -0.15) is 0 Å². The van der Waals surface area contributed by atoms with Gasteiger partial charge in [-0.25, -0.2) is 0 Å². The molecule has 3 atom stereocenters. The van der Waals surface area contributed by atoms with E-state index in [-0.39, 0.29) is 7.92 Å². The molecule has 74 valence electrons. The molecule has 1 saturated carbocycles. The highest BCUT2D eigenvalue weighted by Crippen LogP contribution is 2.57. The van der Waals surface area contributed by atoms with Crippen LogP contribution in [-0.4, -0.2) is 11.8 Å². The van der Waals surface area contributed by atoms with Crippen LogP contribution in [0.15, 0.2) is 30.3 Å². The van der Waals surface area contributed by atoms with Crippen molar-refractivity contribution in [1.29, 1.82) is 0 Å². The van der Waals surface area contributed by atoms with Crippen molar-refractivity contribution in [3.8, 4) is 0 Å². The van der Waals surface area contributed by atoms with Gasteiger partial charge in [0.25, 0.3) is 0 Å². The molecule has 3 rings (SSSR count). The van der Waals surface area contributed by atoms with Crippen LogP contribution in [-0.2, 0) is 0 Å². The molecule has 0 spiro atoms. The SMILES string of the molecule is c1ccc([P@]2CC[C@@H]3CCC[C@@H]32)cc1. The van der Waals surface area contributed by atoms with E-state index in [1.807, 2.05) is 0 Å². The molecule has 1 heteroatoms. The second-order valence-corrected chi connectivity index (χ2v) is 7.14. The van der Waals surface area contributed by atoms with Gasteiger partial charge in [0.15, 0.2) is 0 Å². The Bertz CT molecular complexity index is 306. The van der Waals surface area contributed by atoms with Gasteiger partial charge in [0.2, 0.25) is 0 Å². The van der Waals surface area contributed by atoms with Crippen LogP contribution in [0.5, 0.6) is 0 Å². The average molecular weight is 204 g/mol. The van der Waals surface area contributed by atoms with E-state index in [1.54, 1.807) is 5.30 Å². The Labute approximate surface area is 87.5 Å². The summed E-state index contributed by atoms with van der Waals surface area (Å²) in [5.41, 5.74) is 1.09. The fraction of sp³-hybridized carbons (Fsp3) is 0.538. The van der Waals surface area contributed by atoms with E-state index in [9.17, 15) is 0 Å². The minimum Gasteiger partial charge on any atom is -0.0719 e. The van der Waals surface area contributed by atoms with Crippen molar-refractivity contribution in [1.82, 2.24) is 0 Å². The molecule has 2 fully saturated rings. The Hall–Kier alpha value is -0.350. The van der Waals surface area contributed by atoms with Crippen molar-refractivity contribution in [3.05, 3.63) is 30.3 Å². The summed E-state index contributed by atoms with van der Waals surface area (Å²) in [6, 6.07) is 11.3. The molecule has 0 aromatic heterocycles. The minimum atomic E-state index is 0.219. The molecule has 1 aliphatic carbocycles. The van der Waals surface area contributed by atoms with Crippen molar-refractivity contribution in [3.63, 3.8) is 0 Å². The molecule has 0 amide bonds. The highest BCUT2D eigenvalue weighted by Gasteiger charge is 2.39. The molecular weight excluding hydrogens is 187 g/mol. The Morgan fingerprint density at radius 3 is 2.71 bits per heavy atom. The summed E-state index contributed by atoms with van der Waals surface area (Å²) in [7, 11) is 0.219. The van der Waals surface area contributed by atoms with Gasteiger partial charge < -0.3 is 0 Å². The summed E-state index contributed by atoms with van der Waals surface area (Å²) in [6.07, 6.45) is 7.57. The Kier molecular flexibility index (Phi) is 2.33. The number of rotatable bonds is 1. The van der Waals surface area contributed by atoms with E-state index < -0.39 is 0 Å². The van der Waals surface area contributed by atoms with E-state index in [0.29, 0.717) is 0 Å². The molecule has 1 aromatic rings. The highest BCUT2D eigenvalue weighted by atomic mass is 31.1. The van der Waals surface area contributed by atoms with Crippen LogP contribution in [0.3, 0.4) is 0 Å². The van der Waals surface area contributed by atoms with Crippen molar-refractivity contribution < 1.29 is 0 Å². The van der Waals surface area contributed by atoms with Gasteiger partial charge in [0.1, 0.15) is 0 Å². The molecule has 0 N–H and O–H groups in total. The molecule has 0 unspecified atom stereocenters. The second kappa shape index (κ2) is 3.66. The smallest absolute Gasteiger partial charge is 0.0140 e. The van der Waals surface area contributed by atoms with Crippen molar-refractivity contribution in [2.24, 2.45) is 5.92 Å². The number of hydrogen-bond acceptors (Lipinski definition) is 0. The van der Waals surface area contributed by atoms with Gasteiger partial charge in [0, 0.05) is 0 Å². The van der Waals surface area contributed by atoms with E-state index in [4.69, 9.17) is 0 Å². The monoisotopic (exact) mass is 204 g/mol. The van der Waals surface area contributed by atoms with E-state index in [1.165, 1.54) is 31.8 Å². The standard InChI is InChI=1S/C13H17P/c1-2-6-12(7-3-1)14-10-9-11-5-4-8-13(11)14/h1-3,6-7,11,13H,4-5,8-10H2/t11-,13-,14-/m0/s1. The summed E-state index contributed by atoms with van der Waals surface area (Å²) in [4.78, 5) is 0. The molecule has 2 aliphatic rings. The van der Waals surface area contributed by atoms with E-state index in [2.05, 4.69) is 30.3 Å². The number of fused-ring (bicyclic) bond motifs is 1. The largest absolute Gasteiger partial charge is 0.0719 e. The zero-order valence-corrected chi connectivity index (χ0v) is 9.42. The van der Waals surface area contributed by atoms with Crippen LogP contribution in [0.25, 0.3) is 0 Å². The number of benzene rings is 1. The first-order valence-corrected chi connectivity index (χ1v) is 7.36. The summed E-state index contributed by atoms with van der Waals surface area (Å²) < 4.78 is 0. The summed E-state index contributed by atoms with van der Waals surface area (Å²) in [5.74, 6) is 1.10. The van der Waals surface area contributed by atoms with E-state index >= 15 is 0 Å². The average Bonchev–Trinajstić information content (AvgIpc) is 2.79. The zero-order valence-electron chi connectivity index (χ0n) is 8.52. The van der Waals surface area contributed by atoms with Gasteiger partial charge in [-0.3, -0.25) is 0 Å². The third-order valence-corrected chi connectivity index (χ3v) is 7.03. The lowest BCUT2D eigenvalue weighted by Gasteiger charge is -2.19. The first-order valence-electron chi connectivity index (χ1n) is 5.77. The first kappa shape index (κ1) is 8.92. The first-order chi connectivity index (χ1) is 6.95. The highest BCUT2D eigenvalue weighted by molar-refractivity contribution is 7.66. The molecule has 0 bridgehead atoms. The molecule has 0 nitrogen and oxygen atoms in total. The van der Waals surface area contributed by atoms with Gasteiger partial charge in [-0.05, 0) is 42.3 Å². The van der Waals surface area contributed by atoms with Crippen LogP contribution in [0, 0.1) is 5.92 Å². The topological polar surface area (TPSA) is 0 Å². The lowest BCUT2D eigenvalue weighted by molar-refractivity contribution is 0.568. The third-order valence-electron chi connectivity index (χ3n) is 3.85. The lowest BCUT2D eigenvalue weighted by Crippen LogP contribution is -2.10. The Morgan fingerprint density at radius 2 is 1.86 bits per heavy atom. The minimum absolute atomic E-state index is 0.219. The summed E-state index contributed by atoms with van der Waals surface area (Å²) in [6.45, 7) is 0. The Balaban J connectivity index is 1.86. The molecule has 14 heavy (non-hydrogen) atoms. The summed E-state index contributed by atoms with van der Waals surface area (Å²) >= 11 is 0. The molecule has 1 aromatic carbocycles. The van der Waals surface area contributed by atoms with Crippen molar-refractivity contribution in [2.45, 2.75) is 31.3 Å². The zero-order chi connectivity index (χ0) is 9.38. The van der Waals surface area contributed by atoms with Crippen LogP contribution in [0.2, 0.25) is 0 Å². The van der Waals surface area contributed by atoms with Gasteiger partial charge in [-0.15, -0.1) is 0 Å². The van der Waals surface area contributed by atoms with Crippen molar-refractivity contribution in [2.75, 3.05) is 6.16 Å². The number of hydrogen-bond donors (Lipinski definition) is 0. The lowest BCUT2D eigenvalue weighted by atomic mass is 10.1. The maximum atomic E-state index is 2.35. The van der Waals surface area contributed by atoms with Gasteiger partial charge in [-0.1, -0.05) is 44.7 Å². The molecular formula is C13H17P. The molecule has 0 radical (unpaired) electrons. The second-order valence-electron chi connectivity index (χ2n) is 4.58.